The number of aliphatic hydroxyl groups excluding tert-OH is 1. The van der Waals surface area contributed by atoms with Crippen molar-refractivity contribution in [3.05, 3.63) is 66.2 Å². The zero-order chi connectivity index (χ0) is 20.5. The molecule has 0 spiro atoms. The third kappa shape index (κ3) is 6.58. The number of nitrogens with zero attached hydrogens (tertiary/aromatic N) is 2. The highest BCUT2D eigenvalue weighted by Crippen LogP contribution is 2.30. The number of likely N-dealkylation sites (tertiary alicyclic amines) is 1. The summed E-state index contributed by atoms with van der Waals surface area (Å²) >= 11 is 0. The van der Waals surface area contributed by atoms with Crippen molar-refractivity contribution in [1.82, 2.24) is 10.2 Å². The van der Waals surface area contributed by atoms with Crippen LogP contribution in [0.15, 0.2) is 60.7 Å². The first-order chi connectivity index (χ1) is 14.1. The minimum Gasteiger partial charge on any atom is -0.388 e. The van der Waals surface area contributed by atoms with Crippen molar-refractivity contribution >= 4 is 11.6 Å². The molecule has 2 aromatic rings. The lowest BCUT2D eigenvalue weighted by Crippen LogP contribution is -2.42. The number of piperidine rings is 1. The van der Waals surface area contributed by atoms with Gasteiger partial charge in [0.15, 0.2) is 0 Å². The molecule has 2 N–H and O–H groups in total. The van der Waals surface area contributed by atoms with E-state index in [0.717, 1.165) is 44.5 Å². The average Bonchev–Trinajstić information content (AvgIpc) is 2.78. The number of benzene rings is 2. The molecule has 0 aliphatic carbocycles. The molecule has 1 heterocycles. The molecule has 0 saturated carbocycles. The minimum absolute atomic E-state index is 0.0921. The Kier molecular flexibility index (Phi) is 8.08. The fraction of sp³-hybridized carbons (Fsp3) is 0.458. The van der Waals surface area contributed by atoms with Crippen molar-refractivity contribution < 1.29 is 9.90 Å². The molecular formula is C24H33N3O2. The van der Waals surface area contributed by atoms with E-state index in [4.69, 9.17) is 0 Å². The first-order valence-corrected chi connectivity index (χ1v) is 10.6. The molecule has 29 heavy (non-hydrogen) atoms. The lowest BCUT2D eigenvalue weighted by Gasteiger charge is -2.34. The third-order valence-corrected chi connectivity index (χ3v) is 5.78. The molecule has 1 fully saturated rings. The van der Waals surface area contributed by atoms with Crippen LogP contribution in [-0.4, -0.2) is 55.7 Å². The van der Waals surface area contributed by atoms with Gasteiger partial charge in [-0.25, -0.2) is 0 Å². The largest absolute Gasteiger partial charge is 0.388 e. The highest BCUT2D eigenvalue weighted by Gasteiger charge is 2.26. The first kappa shape index (κ1) is 21.3. The van der Waals surface area contributed by atoms with Crippen LogP contribution < -0.4 is 10.2 Å². The SMILES string of the molecule is CN(CCCNC(=O)CN1CCC(C(O)c2ccccc2)CC1)c1ccccc1. The summed E-state index contributed by atoms with van der Waals surface area (Å²) in [5.74, 6) is 0.361. The van der Waals surface area contributed by atoms with E-state index >= 15 is 0 Å². The van der Waals surface area contributed by atoms with Crippen molar-refractivity contribution in [1.29, 1.82) is 0 Å². The molecule has 1 amide bonds. The second kappa shape index (κ2) is 11.0. The number of aliphatic hydroxyl groups is 1. The van der Waals surface area contributed by atoms with Gasteiger partial charge in [-0.3, -0.25) is 9.69 Å². The fourth-order valence-corrected chi connectivity index (χ4v) is 3.96. The lowest BCUT2D eigenvalue weighted by molar-refractivity contribution is -0.122. The van der Waals surface area contributed by atoms with Crippen molar-refractivity contribution in [2.24, 2.45) is 5.92 Å². The van der Waals surface area contributed by atoms with Crippen molar-refractivity contribution in [3.63, 3.8) is 0 Å². The van der Waals surface area contributed by atoms with Crippen molar-refractivity contribution in [3.8, 4) is 0 Å². The highest BCUT2D eigenvalue weighted by molar-refractivity contribution is 5.78. The topological polar surface area (TPSA) is 55.8 Å². The van der Waals surface area contributed by atoms with E-state index in [-0.39, 0.29) is 11.8 Å². The second-order valence-corrected chi connectivity index (χ2v) is 7.93. The van der Waals surface area contributed by atoms with Gasteiger partial charge < -0.3 is 15.3 Å². The van der Waals surface area contributed by atoms with Crippen molar-refractivity contribution in [2.45, 2.75) is 25.4 Å². The number of para-hydroxylation sites is 1. The van der Waals surface area contributed by atoms with Gasteiger partial charge in [0.1, 0.15) is 0 Å². The smallest absolute Gasteiger partial charge is 0.234 e. The Morgan fingerprint density at radius 1 is 1.10 bits per heavy atom. The van der Waals surface area contributed by atoms with Gasteiger partial charge in [0.2, 0.25) is 5.91 Å². The van der Waals surface area contributed by atoms with Gasteiger partial charge in [-0.1, -0.05) is 48.5 Å². The summed E-state index contributed by atoms with van der Waals surface area (Å²) in [4.78, 5) is 16.6. The number of amides is 1. The van der Waals surface area contributed by atoms with Gasteiger partial charge in [-0.2, -0.15) is 0 Å². The van der Waals surface area contributed by atoms with Crippen LogP contribution in [-0.2, 0) is 4.79 Å². The molecule has 0 aromatic heterocycles. The van der Waals surface area contributed by atoms with Crippen LogP contribution in [0.4, 0.5) is 5.69 Å². The van der Waals surface area contributed by atoms with E-state index in [2.05, 4.69) is 34.3 Å². The maximum absolute atomic E-state index is 12.2. The van der Waals surface area contributed by atoms with Crippen LogP contribution in [0.1, 0.15) is 30.9 Å². The predicted octanol–water partition coefficient (Wildman–Crippen LogP) is 3.07. The zero-order valence-electron chi connectivity index (χ0n) is 17.3. The Labute approximate surface area is 174 Å². The highest BCUT2D eigenvalue weighted by atomic mass is 16.3. The zero-order valence-corrected chi connectivity index (χ0v) is 17.3. The maximum atomic E-state index is 12.2. The van der Waals surface area contributed by atoms with E-state index < -0.39 is 6.10 Å². The third-order valence-electron chi connectivity index (χ3n) is 5.78. The standard InChI is InChI=1S/C24H33N3O2/c1-26(22-11-6-3-7-12-22)16-8-15-25-23(28)19-27-17-13-21(14-18-27)24(29)20-9-4-2-5-10-20/h2-7,9-12,21,24,29H,8,13-19H2,1H3,(H,25,28). The molecule has 1 unspecified atom stereocenters. The van der Waals surface area contributed by atoms with Crippen LogP contribution in [0, 0.1) is 5.92 Å². The lowest BCUT2D eigenvalue weighted by atomic mass is 9.87. The average molecular weight is 396 g/mol. The molecule has 3 rings (SSSR count). The number of carbonyl (C=O) groups excluding carboxylic acids is 1. The summed E-state index contributed by atoms with van der Waals surface area (Å²) < 4.78 is 0. The van der Waals surface area contributed by atoms with Crippen LogP contribution in [0.25, 0.3) is 0 Å². The van der Waals surface area contributed by atoms with E-state index in [9.17, 15) is 9.90 Å². The molecule has 156 valence electrons. The molecule has 2 aromatic carbocycles. The number of hydrogen-bond acceptors (Lipinski definition) is 4. The molecule has 5 heteroatoms. The monoisotopic (exact) mass is 395 g/mol. The number of nitrogens with one attached hydrogen (secondary N) is 1. The number of anilines is 1. The first-order valence-electron chi connectivity index (χ1n) is 10.6. The molecule has 5 nitrogen and oxygen atoms in total. The Morgan fingerprint density at radius 3 is 2.38 bits per heavy atom. The summed E-state index contributed by atoms with van der Waals surface area (Å²) in [6.07, 6.45) is 2.35. The van der Waals surface area contributed by atoms with E-state index in [0.29, 0.717) is 13.1 Å². The summed E-state index contributed by atoms with van der Waals surface area (Å²) in [5.41, 5.74) is 2.18. The van der Waals surface area contributed by atoms with E-state index in [1.165, 1.54) is 5.69 Å². The molecular weight excluding hydrogens is 362 g/mol. The van der Waals surface area contributed by atoms with Crippen molar-refractivity contribution in [2.75, 3.05) is 44.7 Å². The van der Waals surface area contributed by atoms with Gasteiger partial charge in [0.25, 0.3) is 0 Å². The molecule has 0 radical (unpaired) electrons. The van der Waals surface area contributed by atoms with Gasteiger partial charge in [0, 0.05) is 25.8 Å². The predicted molar refractivity (Wildman–Crippen MR) is 118 cm³/mol. The summed E-state index contributed by atoms with van der Waals surface area (Å²) in [6.45, 7) is 3.77. The van der Waals surface area contributed by atoms with Gasteiger partial charge in [-0.15, -0.1) is 0 Å². The molecule has 1 saturated heterocycles. The quantitative estimate of drug-likeness (QED) is 0.641. The molecule has 1 aliphatic rings. The molecule has 1 aliphatic heterocycles. The summed E-state index contributed by atoms with van der Waals surface area (Å²) in [5, 5.41) is 13.6. The van der Waals surface area contributed by atoms with Crippen LogP contribution in [0.2, 0.25) is 0 Å². The molecule has 0 bridgehead atoms. The van der Waals surface area contributed by atoms with Gasteiger partial charge in [-0.05, 0) is 56.0 Å². The minimum atomic E-state index is -0.409. The Morgan fingerprint density at radius 2 is 1.72 bits per heavy atom. The molecule has 1 atom stereocenters. The Bertz CT molecular complexity index is 730. The van der Waals surface area contributed by atoms with Gasteiger partial charge >= 0.3 is 0 Å². The van der Waals surface area contributed by atoms with Crippen LogP contribution >= 0.6 is 0 Å². The van der Waals surface area contributed by atoms with Gasteiger partial charge in [0.05, 0.1) is 12.6 Å². The van der Waals surface area contributed by atoms with Crippen LogP contribution in [0.3, 0.4) is 0 Å². The van der Waals surface area contributed by atoms with Crippen LogP contribution in [0.5, 0.6) is 0 Å². The van der Waals surface area contributed by atoms with E-state index in [1.807, 2.05) is 48.5 Å². The number of hydrogen-bond donors (Lipinski definition) is 2. The Balaban J connectivity index is 1.31. The number of rotatable bonds is 9. The second-order valence-electron chi connectivity index (χ2n) is 7.93. The van der Waals surface area contributed by atoms with E-state index in [1.54, 1.807) is 0 Å². The summed E-state index contributed by atoms with van der Waals surface area (Å²) in [7, 11) is 2.07. The normalized spacial score (nSPS) is 16.3. The maximum Gasteiger partial charge on any atom is 0.234 e. The fourth-order valence-electron chi connectivity index (χ4n) is 3.96. The summed E-state index contributed by atoms with van der Waals surface area (Å²) in [6, 6.07) is 20.2. The Hall–Kier alpha value is -2.37. The number of carbonyl (C=O) groups is 1.